The molecule has 0 aliphatic carbocycles. The van der Waals surface area contributed by atoms with Gasteiger partial charge in [0.2, 0.25) is 0 Å². The van der Waals surface area contributed by atoms with Gasteiger partial charge in [-0.1, -0.05) is 37.3 Å². The first-order valence-electron chi connectivity index (χ1n) is 7.82. The van der Waals surface area contributed by atoms with Crippen molar-refractivity contribution >= 4 is 11.8 Å². The summed E-state index contributed by atoms with van der Waals surface area (Å²) in [6, 6.07) is 13.8. The average Bonchev–Trinajstić information content (AvgIpc) is 2.88. The number of urea groups is 1. The van der Waals surface area contributed by atoms with Crippen molar-refractivity contribution in [2.75, 3.05) is 18.4 Å². The summed E-state index contributed by atoms with van der Waals surface area (Å²) in [6.07, 6.45) is 1.57. The second-order valence-corrected chi connectivity index (χ2v) is 5.97. The van der Waals surface area contributed by atoms with Gasteiger partial charge in [-0.15, -0.1) is 5.10 Å². The van der Waals surface area contributed by atoms with E-state index in [4.69, 9.17) is 0 Å². The molecule has 6 nitrogen and oxygen atoms in total. The number of nitrogens with one attached hydrogen (secondary N) is 2. The first-order valence-corrected chi connectivity index (χ1v) is 7.82. The van der Waals surface area contributed by atoms with E-state index in [1.54, 1.807) is 18.3 Å². The van der Waals surface area contributed by atoms with Crippen LogP contribution in [0.15, 0.2) is 48.7 Å². The van der Waals surface area contributed by atoms with E-state index in [0.717, 1.165) is 19.6 Å². The van der Waals surface area contributed by atoms with Crippen LogP contribution in [0.2, 0.25) is 0 Å². The van der Waals surface area contributed by atoms with Crippen molar-refractivity contribution in [3.8, 4) is 0 Å². The molecule has 120 valence electrons. The molecule has 2 aromatic rings. The van der Waals surface area contributed by atoms with Crippen molar-refractivity contribution in [3.63, 3.8) is 0 Å². The number of likely N-dealkylation sites (tertiary alicyclic amines) is 1. The van der Waals surface area contributed by atoms with Crippen molar-refractivity contribution in [3.05, 3.63) is 54.2 Å². The molecule has 0 unspecified atom stereocenters. The van der Waals surface area contributed by atoms with Crippen molar-refractivity contribution in [1.82, 2.24) is 20.4 Å². The van der Waals surface area contributed by atoms with Crippen LogP contribution in [-0.4, -0.2) is 40.3 Å². The van der Waals surface area contributed by atoms with Crippen LogP contribution in [0, 0.1) is 5.92 Å². The topological polar surface area (TPSA) is 70.2 Å². The number of carbonyl (C=O) groups excluding carboxylic acids is 1. The molecule has 1 aromatic heterocycles. The summed E-state index contributed by atoms with van der Waals surface area (Å²) < 4.78 is 0. The molecule has 2 N–H and O–H groups in total. The fraction of sp³-hybridized carbons (Fsp3) is 0.353. The lowest BCUT2D eigenvalue weighted by atomic mass is 10.1. The molecule has 2 atom stereocenters. The van der Waals surface area contributed by atoms with Gasteiger partial charge in [0.25, 0.3) is 0 Å². The summed E-state index contributed by atoms with van der Waals surface area (Å²) in [5.41, 5.74) is 1.30. The van der Waals surface area contributed by atoms with Gasteiger partial charge in [-0.05, 0) is 23.6 Å². The molecule has 3 rings (SSSR count). The molecule has 1 fully saturated rings. The third kappa shape index (κ3) is 4.26. The SMILES string of the molecule is C[C@@H]1CN(Cc2ccccc2)C[C@@H]1NC(=O)Nc1cccnn1. The van der Waals surface area contributed by atoms with Crippen LogP contribution in [0.1, 0.15) is 12.5 Å². The van der Waals surface area contributed by atoms with Gasteiger partial charge in [0.15, 0.2) is 5.82 Å². The minimum absolute atomic E-state index is 0.135. The Morgan fingerprint density at radius 3 is 2.78 bits per heavy atom. The monoisotopic (exact) mass is 311 g/mol. The second-order valence-electron chi connectivity index (χ2n) is 5.97. The van der Waals surface area contributed by atoms with Crippen molar-refractivity contribution in [1.29, 1.82) is 0 Å². The quantitative estimate of drug-likeness (QED) is 0.907. The van der Waals surface area contributed by atoms with Gasteiger partial charge in [0.1, 0.15) is 0 Å². The van der Waals surface area contributed by atoms with Crippen LogP contribution in [0.5, 0.6) is 0 Å². The first-order chi connectivity index (χ1) is 11.2. The number of amides is 2. The van der Waals surface area contributed by atoms with Crippen molar-refractivity contribution < 1.29 is 4.79 Å². The zero-order chi connectivity index (χ0) is 16.1. The van der Waals surface area contributed by atoms with Gasteiger partial charge in [-0.2, -0.15) is 5.10 Å². The molecule has 1 aliphatic heterocycles. The van der Waals surface area contributed by atoms with Gasteiger partial charge in [0, 0.05) is 31.9 Å². The van der Waals surface area contributed by atoms with Crippen LogP contribution >= 0.6 is 0 Å². The maximum atomic E-state index is 12.1. The van der Waals surface area contributed by atoms with E-state index >= 15 is 0 Å². The molecule has 1 saturated heterocycles. The largest absolute Gasteiger partial charge is 0.333 e. The summed E-state index contributed by atoms with van der Waals surface area (Å²) in [6.45, 7) is 4.91. The number of anilines is 1. The summed E-state index contributed by atoms with van der Waals surface area (Å²) >= 11 is 0. The number of hydrogen-bond donors (Lipinski definition) is 2. The number of nitrogens with zero attached hydrogens (tertiary/aromatic N) is 3. The Balaban J connectivity index is 1.51. The number of hydrogen-bond acceptors (Lipinski definition) is 4. The fourth-order valence-corrected chi connectivity index (χ4v) is 2.91. The Hall–Kier alpha value is -2.47. The van der Waals surface area contributed by atoms with Crippen LogP contribution < -0.4 is 10.6 Å². The van der Waals surface area contributed by atoms with Gasteiger partial charge in [0.05, 0.1) is 0 Å². The van der Waals surface area contributed by atoms with Crippen LogP contribution in [0.25, 0.3) is 0 Å². The number of benzene rings is 1. The van der Waals surface area contributed by atoms with Gasteiger partial charge in [-0.25, -0.2) is 4.79 Å². The van der Waals surface area contributed by atoms with E-state index in [9.17, 15) is 4.79 Å². The summed E-state index contributed by atoms with van der Waals surface area (Å²) in [7, 11) is 0. The first kappa shape index (κ1) is 15.4. The third-order valence-electron chi connectivity index (χ3n) is 4.07. The summed E-state index contributed by atoms with van der Waals surface area (Å²) in [5.74, 6) is 0.864. The average molecular weight is 311 g/mol. The Labute approximate surface area is 135 Å². The highest BCUT2D eigenvalue weighted by atomic mass is 16.2. The Kier molecular flexibility index (Phi) is 4.83. The van der Waals surface area contributed by atoms with E-state index < -0.39 is 0 Å². The fourth-order valence-electron chi connectivity index (χ4n) is 2.91. The molecule has 1 aromatic carbocycles. The zero-order valence-electron chi connectivity index (χ0n) is 13.1. The third-order valence-corrected chi connectivity index (χ3v) is 4.07. The molecule has 2 amide bonds. The molecule has 6 heteroatoms. The smallest absolute Gasteiger partial charge is 0.320 e. The van der Waals surface area contributed by atoms with Crippen molar-refractivity contribution in [2.24, 2.45) is 5.92 Å². The molecular formula is C17H21N5O. The Bertz CT molecular complexity index is 634. The molecule has 0 bridgehead atoms. The molecule has 0 saturated carbocycles. The lowest BCUT2D eigenvalue weighted by Gasteiger charge is -2.17. The van der Waals surface area contributed by atoms with Crippen LogP contribution in [-0.2, 0) is 6.54 Å². The normalized spacial score (nSPS) is 21.1. The number of carbonyl (C=O) groups is 1. The molecule has 23 heavy (non-hydrogen) atoms. The number of aromatic nitrogens is 2. The minimum Gasteiger partial charge on any atom is -0.333 e. The molecular weight excluding hydrogens is 290 g/mol. The predicted octanol–water partition coefficient (Wildman–Crippen LogP) is 2.12. The molecule has 2 heterocycles. The van der Waals surface area contributed by atoms with E-state index in [1.165, 1.54) is 5.56 Å². The minimum atomic E-state index is -0.232. The highest BCUT2D eigenvalue weighted by molar-refractivity contribution is 5.88. The van der Waals surface area contributed by atoms with Crippen molar-refractivity contribution in [2.45, 2.75) is 19.5 Å². The second kappa shape index (κ2) is 7.19. The lowest BCUT2D eigenvalue weighted by Crippen LogP contribution is -2.42. The van der Waals surface area contributed by atoms with Crippen LogP contribution in [0.3, 0.4) is 0 Å². The highest BCUT2D eigenvalue weighted by Gasteiger charge is 2.30. The molecule has 0 spiro atoms. The van der Waals surface area contributed by atoms with Gasteiger partial charge in [-0.3, -0.25) is 10.2 Å². The summed E-state index contributed by atoms with van der Waals surface area (Å²) in [4.78, 5) is 14.4. The van der Waals surface area contributed by atoms with Gasteiger partial charge >= 0.3 is 6.03 Å². The summed E-state index contributed by atoms with van der Waals surface area (Å²) in [5, 5.41) is 13.3. The van der Waals surface area contributed by atoms with E-state index in [1.807, 2.05) is 6.07 Å². The highest BCUT2D eigenvalue weighted by Crippen LogP contribution is 2.19. The predicted molar refractivity (Wildman–Crippen MR) is 88.9 cm³/mol. The molecule has 1 aliphatic rings. The Morgan fingerprint density at radius 2 is 2.04 bits per heavy atom. The zero-order valence-corrected chi connectivity index (χ0v) is 13.1. The van der Waals surface area contributed by atoms with Gasteiger partial charge < -0.3 is 5.32 Å². The maximum Gasteiger partial charge on any atom is 0.320 e. The van der Waals surface area contributed by atoms with Crippen LogP contribution in [0.4, 0.5) is 10.6 Å². The standard InChI is InChI=1S/C17H21N5O/c1-13-10-22(11-14-6-3-2-4-7-14)12-15(13)19-17(23)20-16-8-5-9-18-21-16/h2-9,13,15H,10-12H2,1H3,(H2,19,20,21,23)/t13-,15+/m1/s1. The number of rotatable bonds is 4. The molecule has 0 radical (unpaired) electrons. The maximum absolute atomic E-state index is 12.1. The Morgan fingerprint density at radius 1 is 1.22 bits per heavy atom. The van der Waals surface area contributed by atoms with E-state index in [2.05, 4.69) is 56.9 Å². The lowest BCUT2D eigenvalue weighted by molar-refractivity contribution is 0.246. The van der Waals surface area contributed by atoms with E-state index in [-0.39, 0.29) is 12.1 Å². The van der Waals surface area contributed by atoms with E-state index in [0.29, 0.717) is 11.7 Å².